The van der Waals surface area contributed by atoms with E-state index in [1.165, 1.54) is 6.42 Å². The summed E-state index contributed by atoms with van der Waals surface area (Å²) in [7, 11) is 0. The molecule has 0 spiro atoms. The molecule has 92 valence electrons. The van der Waals surface area contributed by atoms with Crippen molar-refractivity contribution in [2.24, 2.45) is 0 Å². The Bertz CT molecular complexity index is 296. The third-order valence-corrected chi connectivity index (χ3v) is 2.42. The fourth-order valence-electron chi connectivity index (χ4n) is 1.58. The van der Waals surface area contributed by atoms with Gasteiger partial charge in [0.2, 0.25) is 0 Å². The van der Waals surface area contributed by atoms with Gasteiger partial charge in [-0.15, -0.1) is 0 Å². The van der Waals surface area contributed by atoms with Crippen LogP contribution in [0.1, 0.15) is 37.1 Å². The third kappa shape index (κ3) is 4.77. The van der Waals surface area contributed by atoms with Crippen molar-refractivity contribution >= 4 is 0 Å². The number of oxazole rings is 1. The molecule has 0 aliphatic heterocycles. The minimum atomic E-state index is 0.749. The molecule has 0 bridgehead atoms. The van der Waals surface area contributed by atoms with E-state index in [0.717, 1.165) is 49.9 Å². The highest BCUT2D eigenvalue weighted by atomic mass is 16.4. The number of aromatic nitrogens is 1. The normalized spacial score (nSPS) is 10.9. The summed E-state index contributed by atoms with van der Waals surface area (Å²) in [6, 6.07) is 0. The smallest absolute Gasteiger partial charge is 0.191 e. The molecule has 0 aliphatic carbocycles. The summed E-state index contributed by atoms with van der Waals surface area (Å²) >= 11 is 0. The Morgan fingerprint density at radius 2 is 1.88 bits per heavy atom. The molecular weight excluding hydrogens is 202 g/mol. The van der Waals surface area contributed by atoms with E-state index in [2.05, 4.69) is 22.5 Å². The number of aryl methyl sites for hydroxylation is 2. The van der Waals surface area contributed by atoms with E-state index in [0.29, 0.717) is 0 Å². The van der Waals surface area contributed by atoms with Crippen LogP contribution in [0.2, 0.25) is 0 Å². The molecule has 1 aromatic rings. The molecule has 16 heavy (non-hydrogen) atoms. The fraction of sp³-hybridized carbons (Fsp3) is 0.750. The fourth-order valence-corrected chi connectivity index (χ4v) is 1.58. The maximum Gasteiger partial charge on any atom is 0.191 e. The summed E-state index contributed by atoms with van der Waals surface area (Å²) in [5, 5.41) is 6.73. The van der Waals surface area contributed by atoms with Crippen LogP contribution in [0.4, 0.5) is 0 Å². The Labute approximate surface area is 97.8 Å². The van der Waals surface area contributed by atoms with E-state index in [1.54, 1.807) is 0 Å². The maximum atomic E-state index is 5.47. The molecule has 0 atom stereocenters. The highest BCUT2D eigenvalue weighted by Crippen LogP contribution is 2.08. The highest BCUT2D eigenvalue weighted by Gasteiger charge is 2.04. The van der Waals surface area contributed by atoms with Crippen molar-refractivity contribution < 1.29 is 4.42 Å². The Balaban J connectivity index is 2.05. The van der Waals surface area contributed by atoms with E-state index < -0.39 is 0 Å². The van der Waals surface area contributed by atoms with Crippen molar-refractivity contribution in [1.29, 1.82) is 0 Å². The first-order valence-electron chi connectivity index (χ1n) is 6.08. The molecule has 0 unspecified atom stereocenters. The second kappa shape index (κ2) is 7.41. The first-order chi connectivity index (χ1) is 7.74. The van der Waals surface area contributed by atoms with E-state index in [-0.39, 0.29) is 0 Å². The van der Waals surface area contributed by atoms with Crippen LogP contribution in [0, 0.1) is 13.8 Å². The van der Waals surface area contributed by atoms with Gasteiger partial charge in [0.25, 0.3) is 0 Å². The molecule has 0 saturated heterocycles. The molecule has 0 radical (unpaired) electrons. The van der Waals surface area contributed by atoms with Gasteiger partial charge in [-0.05, 0) is 39.4 Å². The molecule has 0 aliphatic rings. The van der Waals surface area contributed by atoms with E-state index in [9.17, 15) is 0 Å². The van der Waals surface area contributed by atoms with Gasteiger partial charge in [-0.25, -0.2) is 4.98 Å². The van der Waals surface area contributed by atoms with Crippen molar-refractivity contribution in [1.82, 2.24) is 15.6 Å². The largest absolute Gasteiger partial charge is 0.444 e. The van der Waals surface area contributed by atoms with Crippen LogP contribution in [0.5, 0.6) is 0 Å². The molecule has 1 rings (SSSR count). The molecular formula is C12H23N3O. The standard InChI is InChI=1S/C12H23N3O/c1-4-6-13-7-5-8-14-9-12-10(2)15-11(3)16-12/h13-14H,4-9H2,1-3H3. The average molecular weight is 225 g/mol. The minimum Gasteiger partial charge on any atom is -0.444 e. The van der Waals surface area contributed by atoms with E-state index in [1.807, 2.05) is 13.8 Å². The van der Waals surface area contributed by atoms with Crippen molar-refractivity contribution in [3.05, 3.63) is 17.3 Å². The predicted octanol–water partition coefficient (Wildman–Crippen LogP) is 1.77. The van der Waals surface area contributed by atoms with Gasteiger partial charge in [-0.2, -0.15) is 0 Å². The van der Waals surface area contributed by atoms with Gasteiger partial charge in [0.05, 0.1) is 12.2 Å². The van der Waals surface area contributed by atoms with Crippen molar-refractivity contribution in [2.45, 2.75) is 40.2 Å². The molecule has 0 amide bonds. The van der Waals surface area contributed by atoms with Gasteiger partial charge in [0.15, 0.2) is 5.89 Å². The summed E-state index contributed by atoms with van der Waals surface area (Å²) in [5.41, 5.74) is 0.995. The van der Waals surface area contributed by atoms with Crippen LogP contribution in [-0.2, 0) is 6.54 Å². The third-order valence-electron chi connectivity index (χ3n) is 2.42. The minimum absolute atomic E-state index is 0.749. The second-order valence-electron chi connectivity index (χ2n) is 4.02. The number of nitrogens with zero attached hydrogens (tertiary/aromatic N) is 1. The molecule has 0 saturated carbocycles. The lowest BCUT2D eigenvalue weighted by molar-refractivity contribution is 0.451. The van der Waals surface area contributed by atoms with Crippen molar-refractivity contribution in [3.63, 3.8) is 0 Å². The van der Waals surface area contributed by atoms with Gasteiger partial charge in [0, 0.05) is 6.92 Å². The lowest BCUT2D eigenvalue weighted by atomic mass is 10.3. The highest BCUT2D eigenvalue weighted by molar-refractivity contribution is 5.06. The Kier molecular flexibility index (Phi) is 6.11. The topological polar surface area (TPSA) is 50.1 Å². The van der Waals surface area contributed by atoms with Gasteiger partial charge in [-0.1, -0.05) is 6.92 Å². The molecule has 2 N–H and O–H groups in total. The SMILES string of the molecule is CCCNCCCNCc1oc(C)nc1C. The van der Waals surface area contributed by atoms with Gasteiger partial charge < -0.3 is 15.1 Å². The number of nitrogens with one attached hydrogen (secondary N) is 2. The zero-order chi connectivity index (χ0) is 11.8. The lowest BCUT2D eigenvalue weighted by Gasteiger charge is -2.04. The summed E-state index contributed by atoms with van der Waals surface area (Å²) in [5.74, 6) is 1.71. The molecule has 1 heterocycles. The van der Waals surface area contributed by atoms with E-state index >= 15 is 0 Å². The van der Waals surface area contributed by atoms with Crippen LogP contribution in [0.25, 0.3) is 0 Å². The van der Waals surface area contributed by atoms with Gasteiger partial charge in [0.1, 0.15) is 5.76 Å². The monoisotopic (exact) mass is 225 g/mol. The van der Waals surface area contributed by atoms with Crippen LogP contribution < -0.4 is 10.6 Å². The van der Waals surface area contributed by atoms with Crippen LogP contribution >= 0.6 is 0 Å². The Morgan fingerprint density at radius 3 is 2.50 bits per heavy atom. The van der Waals surface area contributed by atoms with Crippen LogP contribution in [0.15, 0.2) is 4.42 Å². The molecule has 4 heteroatoms. The van der Waals surface area contributed by atoms with Crippen molar-refractivity contribution in [3.8, 4) is 0 Å². The Hall–Kier alpha value is -0.870. The zero-order valence-corrected chi connectivity index (χ0v) is 10.6. The van der Waals surface area contributed by atoms with E-state index in [4.69, 9.17) is 4.42 Å². The summed E-state index contributed by atoms with van der Waals surface area (Å²) in [4.78, 5) is 4.23. The van der Waals surface area contributed by atoms with Crippen LogP contribution in [0.3, 0.4) is 0 Å². The lowest BCUT2D eigenvalue weighted by Crippen LogP contribution is -2.22. The number of hydrogen-bond donors (Lipinski definition) is 2. The van der Waals surface area contributed by atoms with Crippen LogP contribution in [-0.4, -0.2) is 24.6 Å². The molecule has 0 aromatic carbocycles. The quantitative estimate of drug-likeness (QED) is 0.662. The van der Waals surface area contributed by atoms with Gasteiger partial charge >= 0.3 is 0 Å². The predicted molar refractivity (Wildman–Crippen MR) is 65.5 cm³/mol. The second-order valence-corrected chi connectivity index (χ2v) is 4.02. The van der Waals surface area contributed by atoms with Crippen molar-refractivity contribution in [2.75, 3.05) is 19.6 Å². The molecule has 4 nitrogen and oxygen atoms in total. The number of hydrogen-bond acceptors (Lipinski definition) is 4. The summed E-state index contributed by atoms with van der Waals surface area (Å²) < 4.78 is 5.47. The zero-order valence-electron chi connectivity index (χ0n) is 10.6. The first kappa shape index (κ1) is 13.2. The maximum absolute atomic E-state index is 5.47. The Morgan fingerprint density at radius 1 is 1.12 bits per heavy atom. The summed E-state index contributed by atoms with van der Waals surface area (Å²) in [6.45, 7) is 10.0. The molecule has 0 fully saturated rings. The summed E-state index contributed by atoms with van der Waals surface area (Å²) in [6.07, 6.45) is 2.34. The average Bonchev–Trinajstić information content (AvgIpc) is 2.56. The molecule has 1 aromatic heterocycles. The number of rotatable bonds is 8. The van der Waals surface area contributed by atoms with Gasteiger partial charge in [-0.3, -0.25) is 0 Å². The first-order valence-corrected chi connectivity index (χ1v) is 6.08.